The van der Waals surface area contributed by atoms with Gasteiger partial charge in [-0.3, -0.25) is 4.68 Å². The standard InChI is InChI=1S/C18H19ClF4N2O2/c1-2-25-15(13(19)10-24-25)12-4-3-11(9-14(12)27-16(20)21)17(26)5-7-18(22,23)8-6-17/h3-4,9-10,16,26H,2,5-8H2,1H3. The van der Waals surface area contributed by atoms with Gasteiger partial charge in [0.2, 0.25) is 5.92 Å². The van der Waals surface area contributed by atoms with Crippen LogP contribution in [-0.2, 0) is 12.1 Å². The zero-order valence-corrected chi connectivity index (χ0v) is 15.3. The highest BCUT2D eigenvalue weighted by molar-refractivity contribution is 6.33. The van der Waals surface area contributed by atoms with Crippen molar-refractivity contribution >= 4 is 11.6 Å². The van der Waals surface area contributed by atoms with Crippen LogP contribution in [-0.4, -0.2) is 27.4 Å². The van der Waals surface area contributed by atoms with E-state index in [2.05, 4.69) is 9.84 Å². The number of hydrogen-bond acceptors (Lipinski definition) is 3. The molecule has 1 aliphatic rings. The fourth-order valence-corrected chi connectivity index (χ4v) is 3.63. The highest BCUT2D eigenvalue weighted by atomic mass is 35.5. The molecule has 0 spiro atoms. The van der Waals surface area contributed by atoms with Gasteiger partial charge in [0.1, 0.15) is 5.75 Å². The maximum Gasteiger partial charge on any atom is 0.387 e. The summed E-state index contributed by atoms with van der Waals surface area (Å²) < 4.78 is 59.0. The van der Waals surface area contributed by atoms with E-state index in [4.69, 9.17) is 11.6 Å². The van der Waals surface area contributed by atoms with Gasteiger partial charge in [0.05, 0.1) is 22.5 Å². The average molecular weight is 407 g/mol. The Labute approximate surface area is 158 Å². The number of hydrogen-bond donors (Lipinski definition) is 1. The third-order valence-corrected chi connectivity index (χ3v) is 5.17. The summed E-state index contributed by atoms with van der Waals surface area (Å²) in [4.78, 5) is 0. The van der Waals surface area contributed by atoms with Crippen LogP contribution < -0.4 is 4.74 Å². The van der Waals surface area contributed by atoms with Gasteiger partial charge in [-0.2, -0.15) is 13.9 Å². The van der Waals surface area contributed by atoms with Crippen molar-refractivity contribution in [3.8, 4) is 17.0 Å². The summed E-state index contributed by atoms with van der Waals surface area (Å²) in [6.45, 7) is -0.822. The molecule has 0 atom stereocenters. The van der Waals surface area contributed by atoms with Gasteiger partial charge in [0.25, 0.3) is 0 Å². The summed E-state index contributed by atoms with van der Waals surface area (Å²) in [6, 6.07) is 4.29. The van der Waals surface area contributed by atoms with Gasteiger partial charge in [0, 0.05) is 24.9 Å². The molecule has 0 radical (unpaired) electrons. The molecule has 0 saturated heterocycles. The van der Waals surface area contributed by atoms with E-state index in [0.717, 1.165) is 0 Å². The maximum absolute atomic E-state index is 13.4. The lowest BCUT2D eigenvalue weighted by molar-refractivity contribution is -0.107. The monoisotopic (exact) mass is 406 g/mol. The largest absolute Gasteiger partial charge is 0.434 e. The number of benzene rings is 1. The first-order valence-corrected chi connectivity index (χ1v) is 8.94. The Balaban J connectivity index is 2.04. The van der Waals surface area contributed by atoms with Crippen molar-refractivity contribution in [1.29, 1.82) is 0 Å². The van der Waals surface area contributed by atoms with Crippen molar-refractivity contribution < 1.29 is 27.4 Å². The summed E-state index contributed by atoms with van der Waals surface area (Å²) in [5.41, 5.74) is -0.567. The van der Waals surface area contributed by atoms with Crippen molar-refractivity contribution in [3.63, 3.8) is 0 Å². The lowest BCUT2D eigenvalue weighted by Crippen LogP contribution is -2.36. The van der Waals surface area contributed by atoms with Crippen LogP contribution in [0.4, 0.5) is 17.6 Å². The number of rotatable bonds is 5. The molecule has 1 aliphatic carbocycles. The Morgan fingerprint density at radius 2 is 1.93 bits per heavy atom. The van der Waals surface area contributed by atoms with E-state index in [1.54, 1.807) is 0 Å². The smallest absolute Gasteiger partial charge is 0.387 e. The first-order chi connectivity index (χ1) is 12.6. The quantitative estimate of drug-likeness (QED) is 0.692. The predicted octanol–water partition coefficient (Wildman–Crippen LogP) is 5.22. The Morgan fingerprint density at radius 1 is 1.26 bits per heavy atom. The van der Waals surface area contributed by atoms with E-state index in [1.807, 2.05) is 6.92 Å². The molecule has 1 heterocycles. The minimum atomic E-state index is -3.10. The number of alkyl halides is 4. The van der Waals surface area contributed by atoms with E-state index in [9.17, 15) is 22.7 Å². The van der Waals surface area contributed by atoms with E-state index < -0.39 is 31.0 Å². The molecule has 0 bridgehead atoms. The second kappa shape index (κ2) is 7.31. The fourth-order valence-electron chi connectivity index (χ4n) is 3.39. The molecule has 3 rings (SSSR count). The zero-order valence-electron chi connectivity index (χ0n) is 14.6. The van der Waals surface area contributed by atoms with Crippen LogP contribution in [0.25, 0.3) is 11.3 Å². The third-order valence-electron chi connectivity index (χ3n) is 4.89. The van der Waals surface area contributed by atoms with Crippen LogP contribution in [0.3, 0.4) is 0 Å². The van der Waals surface area contributed by atoms with Crippen molar-refractivity contribution in [2.75, 3.05) is 0 Å². The minimum Gasteiger partial charge on any atom is -0.434 e. The summed E-state index contributed by atoms with van der Waals surface area (Å²) in [7, 11) is 0. The van der Waals surface area contributed by atoms with Gasteiger partial charge in [-0.25, -0.2) is 8.78 Å². The molecule has 9 heteroatoms. The summed E-state index contributed by atoms with van der Waals surface area (Å²) in [5.74, 6) is -3.01. The second-order valence-electron chi connectivity index (χ2n) is 6.63. The zero-order chi connectivity index (χ0) is 19.8. The van der Waals surface area contributed by atoms with Gasteiger partial charge < -0.3 is 9.84 Å². The first kappa shape index (κ1) is 19.9. The molecule has 1 N–H and O–H groups in total. The number of halogens is 5. The maximum atomic E-state index is 13.4. The number of nitrogens with zero attached hydrogens (tertiary/aromatic N) is 2. The molecule has 1 aromatic heterocycles. The topological polar surface area (TPSA) is 47.3 Å². The average Bonchev–Trinajstić information content (AvgIpc) is 2.98. The molecule has 0 aliphatic heterocycles. The Hall–Kier alpha value is -1.80. The van der Waals surface area contributed by atoms with Gasteiger partial charge in [-0.15, -0.1) is 0 Å². The van der Waals surface area contributed by atoms with Crippen LogP contribution in [0.2, 0.25) is 5.02 Å². The van der Waals surface area contributed by atoms with Gasteiger partial charge in [0.15, 0.2) is 0 Å². The molecule has 1 aromatic carbocycles. The van der Waals surface area contributed by atoms with Crippen LogP contribution in [0.15, 0.2) is 24.4 Å². The SMILES string of the molecule is CCn1ncc(Cl)c1-c1ccc(C2(O)CCC(F)(F)CC2)cc1OC(F)F. The van der Waals surface area contributed by atoms with Crippen molar-refractivity contribution in [2.45, 2.75) is 57.3 Å². The minimum absolute atomic E-state index is 0.166. The molecule has 1 fully saturated rings. The lowest BCUT2D eigenvalue weighted by atomic mass is 9.78. The molecule has 2 aromatic rings. The highest BCUT2D eigenvalue weighted by Crippen LogP contribution is 2.46. The normalized spacial score (nSPS) is 18.7. The van der Waals surface area contributed by atoms with Crippen molar-refractivity contribution in [3.05, 3.63) is 35.0 Å². The molecule has 27 heavy (non-hydrogen) atoms. The molecule has 0 amide bonds. The molecule has 148 valence electrons. The van der Waals surface area contributed by atoms with Crippen LogP contribution in [0, 0.1) is 0 Å². The van der Waals surface area contributed by atoms with E-state index >= 15 is 0 Å². The number of aliphatic hydroxyl groups is 1. The lowest BCUT2D eigenvalue weighted by Gasteiger charge is -2.36. The Morgan fingerprint density at radius 3 is 2.52 bits per heavy atom. The number of ether oxygens (including phenoxy) is 1. The van der Waals surface area contributed by atoms with Crippen LogP contribution in [0.5, 0.6) is 5.75 Å². The Kier molecular flexibility index (Phi) is 5.40. The van der Waals surface area contributed by atoms with Crippen LogP contribution >= 0.6 is 11.6 Å². The number of aromatic nitrogens is 2. The van der Waals surface area contributed by atoms with E-state index in [1.165, 1.54) is 29.1 Å². The second-order valence-corrected chi connectivity index (χ2v) is 7.04. The third kappa shape index (κ3) is 4.06. The first-order valence-electron chi connectivity index (χ1n) is 8.56. The fraction of sp³-hybridized carbons (Fsp3) is 0.500. The summed E-state index contributed by atoms with van der Waals surface area (Å²) >= 11 is 6.15. The molecule has 0 unspecified atom stereocenters. The van der Waals surface area contributed by atoms with Gasteiger partial charge in [-0.1, -0.05) is 17.7 Å². The Bertz CT molecular complexity index is 816. The van der Waals surface area contributed by atoms with E-state index in [-0.39, 0.29) is 34.7 Å². The van der Waals surface area contributed by atoms with Gasteiger partial charge in [-0.05, 0) is 37.5 Å². The molecule has 4 nitrogen and oxygen atoms in total. The molecular weight excluding hydrogens is 388 g/mol. The van der Waals surface area contributed by atoms with Crippen LogP contribution in [0.1, 0.15) is 38.2 Å². The summed E-state index contributed by atoms with van der Waals surface area (Å²) in [5, 5.41) is 15.1. The number of aryl methyl sites for hydroxylation is 1. The molecular formula is C18H19ClF4N2O2. The highest BCUT2D eigenvalue weighted by Gasteiger charge is 2.43. The summed E-state index contributed by atoms with van der Waals surface area (Å²) in [6.07, 6.45) is 0.134. The predicted molar refractivity (Wildman–Crippen MR) is 92.3 cm³/mol. The van der Waals surface area contributed by atoms with Crippen molar-refractivity contribution in [2.24, 2.45) is 0 Å². The van der Waals surface area contributed by atoms with E-state index in [0.29, 0.717) is 12.2 Å². The van der Waals surface area contributed by atoms with Gasteiger partial charge >= 0.3 is 6.61 Å². The molecule has 1 saturated carbocycles. The van der Waals surface area contributed by atoms with Crippen molar-refractivity contribution in [1.82, 2.24) is 9.78 Å².